The lowest BCUT2D eigenvalue weighted by molar-refractivity contribution is 0.140. The number of nitrogens with zero attached hydrogens (tertiary/aromatic N) is 1. The number of hydrogen-bond acceptors (Lipinski definition) is 1. The Morgan fingerprint density at radius 2 is 2.13 bits per heavy atom. The molecule has 2 rings (SSSR count). The van der Waals surface area contributed by atoms with Crippen LogP contribution in [-0.2, 0) is 11.3 Å². The van der Waals surface area contributed by atoms with E-state index in [1.54, 1.807) is 0 Å². The van der Waals surface area contributed by atoms with Crippen LogP contribution < -0.4 is 0 Å². The monoisotopic (exact) mass is 203 g/mol. The van der Waals surface area contributed by atoms with Crippen LogP contribution in [0.25, 0.3) is 10.9 Å². The molecular formula is C13H17NO. The highest BCUT2D eigenvalue weighted by Gasteiger charge is 2.01. The van der Waals surface area contributed by atoms with Gasteiger partial charge >= 0.3 is 0 Å². The van der Waals surface area contributed by atoms with Crippen molar-refractivity contribution in [3.8, 4) is 0 Å². The number of hydrogen-bond donors (Lipinski definition) is 0. The summed E-state index contributed by atoms with van der Waals surface area (Å²) >= 11 is 0. The molecule has 15 heavy (non-hydrogen) atoms. The van der Waals surface area contributed by atoms with Gasteiger partial charge in [-0.15, -0.1) is 0 Å². The van der Waals surface area contributed by atoms with E-state index in [1.165, 1.54) is 16.5 Å². The standard InChI is InChI=1S/C13H17NO/c1-3-15-10-9-14-8-7-12-11(2)5-4-6-13(12)14/h4-8H,3,9-10H2,1-2H3. The predicted octanol–water partition coefficient (Wildman–Crippen LogP) is 2.99. The first-order valence-corrected chi connectivity index (χ1v) is 5.45. The Labute approximate surface area is 90.5 Å². The van der Waals surface area contributed by atoms with Crippen molar-refractivity contribution >= 4 is 10.9 Å². The van der Waals surface area contributed by atoms with Crippen molar-refractivity contribution in [2.24, 2.45) is 0 Å². The molecule has 0 saturated heterocycles. The molecule has 2 heteroatoms. The largest absolute Gasteiger partial charge is 0.380 e. The molecule has 1 heterocycles. The van der Waals surface area contributed by atoms with Gasteiger partial charge in [0.25, 0.3) is 0 Å². The Hall–Kier alpha value is -1.28. The molecule has 0 N–H and O–H groups in total. The summed E-state index contributed by atoms with van der Waals surface area (Å²) in [4.78, 5) is 0. The van der Waals surface area contributed by atoms with Gasteiger partial charge in [0.2, 0.25) is 0 Å². The van der Waals surface area contributed by atoms with Crippen LogP contribution in [0.1, 0.15) is 12.5 Å². The first-order chi connectivity index (χ1) is 7.33. The minimum atomic E-state index is 0.786. The van der Waals surface area contributed by atoms with Crippen LogP contribution in [0.3, 0.4) is 0 Å². The smallest absolute Gasteiger partial charge is 0.0645 e. The molecule has 0 atom stereocenters. The minimum absolute atomic E-state index is 0.786. The normalized spacial score (nSPS) is 11.1. The molecule has 0 fully saturated rings. The zero-order chi connectivity index (χ0) is 10.7. The third kappa shape index (κ3) is 2.05. The summed E-state index contributed by atoms with van der Waals surface area (Å²) in [7, 11) is 0. The number of aryl methyl sites for hydroxylation is 1. The number of fused-ring (bicyclic) bond motifs is 1. The summed E-state index contributed by atoms with van der Waals surface area (Å²) < 4.78 is 7.61. The van der Waals surface area contributed by atoms with Crippen molar-refractivity contribution in [1.29, 1.82) is 0 Å². The topological polar surface area (TPSA) is 14.2 Å². The number of rotatable bonds is 4. The summed E-state index contributed by atoms with van der Waals surface area (Å²) in [6, 6.07) is 8.59. The highest BCUT2D eigenvalue weighted by atomic mass is 16.5. The van der Waals surface area contributed by atoms with E-state index >= 15 is 0 Å². The maximum atomic E-state index is 5.37. The van der Waals surface area contributed by atoms with Crippen molar-refractivity contribution in [2.75, 3.05) is 13.2 Å². The Balaban J connectivity index is 2.25. The lowest BCUT2D eigenvalue weighted by Crippen LogP contribution is -2.04. The second kappa shape index (κ2) is 4.49. The molecule has 0 saturated carbocycles. The number of aromatic nitrogens is 1. The Morgan fingerprint density at radius 3 is 2.93 bits per heavy atom. The first kappa shape index (κ1) is 10.2. The van der Waals surface area contributed by atoms with Crippen LogP contribution in [-0.4, -0.2) is 17.8 Å². The third-order valence-electron chi connectivity index (χ3n) is 2.71. The van der Waals surface area contributed by atoms with Crippen LogP contribution >= 0.6 is 0 Å². The Morgan fingerprint density at radius 1 is 1.27 bits per heavy atom. The second-order valence-electron chi connectivity index (χ2n) is 3.71. The summed E-state index contributed by atoms with van der Waals surface area (Å²) in [6.07, 6.45) is 2.14. The van der Waals surface area contributed by atoms with E-state index < -0.39 is 0 Å². The van der Waals surface area contributed by atoms with Gasteiger partial charge in [0.1, 0.15) is 0 Å². The van der Waals surface area contributed by atoms with Gasteiger partial charge in [0.15, 0.2) is 0 Å². The molecule has 2 nitrogen and oxygen atoms in total. The summed E-state index contributed by atoms with van der Waals surface area (Å²) in [6.45, 7) is 6.68. The zero-order valence-electron chi connectivity index (χ0n) is 9.36. The molecule has 0 aliphatic carbocycles. The van der Waals surface area contributed by atoms with Crippen molar-refractivity contribution in [3.05, 3.63) is 36.0 Å². The van der Waals surface area contributed by atoms with E-state index in [2.05, 4.69) is 42.0 Å². The van der Waals surface area contributed by atoms with E-state index in [0.717, 1.165) is 19.8 Å². The molecule has 2 aromatic rings. The molecule has 0 amide bonds. The molecule has 1 aromatic carbocycles. The fraction of sp³-hybridized carbons (Fsp3) is 0.385. The van der Waals surface area contributed by atoms with Gasteiger partial charge in [-0.2, -0.15) is 0 Å². The molecule has 0 unspecified atom stereocenters. The fourth-order valence-electron chi connectivity index (χ4n) is 1.88. The van der Waals surface area contributed by atoms with E-state index in [-0.39, 0.29) is 0 Å². The fourth-order valence-corrected chi connectivity index (χ4v) is 1.88. The Bertz CT molecular complexity index is 445. The maximum absolute atomic E-state index is 5.37. The van der Waals surface area contributed by atoms with Crippen molar-refractivity contribution in [3.63, 3.8) is 0 Å². The van der Waals surface area contributed by atoms with Gasteiger partial charge in [-0.25, -0.2) is 0 Å². The van der Waals surface area contributed by atoms with Gasteiger partial charge in [-0.05, 0) is 31.5 Å². The summed E-state index contributed by atoms with van der Waals surface area (Å²) in [5.41, 5.74) is 2.64. The van der Waals surface area contributed by atoms with Crippen LogP contribution in [0.15, 0.2) is 30.5 Å². The van der Waals surface area contributed by atoms with Gasteiger partial charge in [-0.1, -0.05) is 12.1 Å². The SMILES string of the molecule is CCOCCn1ccc2c(C)cccc21. The average molecular weight is 203 g/mol. The summed E-state index contributed by atoms with van der Waals surface area (Å²) in [5.74, 6) is 0. The minimum Gasteiger partial charge on any atom is -0.380 e. The molecule has 80 valence electrons. The average Bonchev–Trinajstić information content (AvgIpc) is 2.64. The van der Waals surface area contributed by atoms with Gasteiger partial charge in [0, 0.05) is 30.3 Å². The number of benzene rings is 1. The van der Waals surface area contributed by atoms with Crippen molar-refractivity contribution in [2.45, 2.75) is 20.4 Å². The van der Waals surface area contributed by atoms with E-state index in [9.17, 15) is 0 Å². The summed E-state index contributed by atoms with van der Waals surface area (Å²) in [5, 5.41) is 1.34. The maximum Gasteiger partial charge on any atom is 0.0645 e. The van der Waals surface area contributed by atoms with Gasteiger partial charge < -0.3 is 9.30 Å². The molecule has 0 bridgehead atoms. The van der Waals surface area contributed by atoms with Crippen molar-refractivity contribution in [1.82, 2.24) is 4.57 Å². The highest BCUT2D eigenvalue weighted by molar-refractivity contribution is 5.83. The van der Waals surface area contributed by atoms with Gasteiger partial charge in [0.05, 0.1) is 6.61 Å². The van der Waals surface area contributed by atoms with E-state index in [1.807, 2.05) is 6.92 Å². The molecular weight excluding hydrogens is 186 g/mol. The van der Waals surface area contributed by atoms with E-state index in [0.29, 0.717) is 0 Å². The Kier molecular flexibility index (Phi) is 3.07. The highest BCUT2D eigenvalue weighted by Crippen LogP contribution is 2.19. The molecule has 0 aliphatic heterocycles. The quantitative estimate of drug-likeness (QED) is 0.697. The molecule has 1 aromatic heterocycles. The number of ether oxygens (including phenoxy) is 1. The zero-order valence-corrected chi connectivity index (χ0v) is 9.36. The van der Waals surface area contributed by atoms with Crippen LogP contribution in [0.4, 0.5) is 0 Å². The third-order valence-corrected chi connectivity index (χ3v) is 2.71. The first-order valence-electron chi connectivity index (χ1n) is 5.45. The van der Waals surface area contributed by atoms with Crippen LogP contribution in [0, 0.1) is 6.92 Å². The van der Waals surface area contributed by atoms with Crippen LogP contribution in [0.5, 0.6) is 0 Å². The molecule has 0 aliphatic rings. The molecule has 0 radical (unpaired) electrons. The van der Waals surface area contributed by atoms with Crippen LogP contribution in [0.2, 0.25) is 0 Å². The van der Waals surface area contributed by atoms with Gasteiger partial charge in [-0.3, -0.25) is 0 Å². The molecule has 0 spiro atoms. The lowest BCUT2D eigenvalue weighted by Gasteiger charge is -2.05. The second-order valence-corrected chi connectivity index (χ2v) is 3.71. The predicted molar refractivity (Wildman–Crippen MR) is 63.2 cm³/mol. The van der Waals surface area contributed by atoms with Crippen molar-refractivity contribution < 1.29 is 4.74 Å². The van der Waals surface area contributed by atoms with E-state index in [4.69, 9.17) is 4.74 Å². The lowest BCUT2D eigenvalue weighted by atomic mass is 10.1.